The van der Waals surface area contributed by atoms with Crippen molar-refractivity contribution in [1.29, 1.82) is 0 Å². The van der Waals surface area contributed by atoms with E-state index in [1.54, 1.807) is 0 Å². The van der Waals surface area contributed by atoms with Gasteiger partial charge in [-0.3, -0.25) is 4.79 Å². The molecule has 0 bridgehead atoms. The van der Waals surface area contributed by atoms with E-state index < -0.39 is 0 Å². The van der Waals surface area contributed by atoms with Gasteiger partial charge in [-0.15, -0.1) is 0 Å². The SMILES string of the molecule is CCC(C)/C=C1/CCC2[C@H](C)C(O)CC[C@]2(C)C1=O. The molecule has 2 nitrogen and oxygen atoms in total. The number of fused-ring (bicyclic) bond motifs is 1. The zero-order valence-electron chi connectivity index (χ0n) is 12.8. The molecule has 2 aliphatic rings. The number of ketones is 1. The van der Waals surface area contributed by atoms with Gasteiger partial charge in [0.2, 0.25) is 0 Å². The fraction of sp³-hybridized carbons (Fsp3) is 0.824. The van der Waals surface area contributed by atoms with Gasteiger partial charge < -0.3 is 5.11 Å². The summed E-state index contributed by atoms with van der Waals surface area (Å²) >= 11 is 0. The zero-order valence-corrected chi connectivity index (χ0v) is 12.8. The number of aliphatic hydroxyl groups is 1. The molecule has 19 heavy (non-hydrogen) atoms. The molecule has 0 radical (unpaired) electrons. The minimum atomic E-state index is -0.226. The molecule has 2 fully saturated rings. The molecule has 1 N–H and O–H groups in total. The molecule has 0 saturated heterocycles. The summed E-state index contributed by atoms with van der Waals surface area (Å²) in [4.78, 5) is 12.8. The minimum absolute atomic E-state index is 0.217. The second-order valence-electron chi connectivity index (χ2n) is 6.93. The fourth-order valence-electron chi connectivity index (χ4n) is 4.02. The van der Waals surface area contributed by atoms with E-state index in [-0.39, 0.29) is 17.4 Å². The lowest BCUT2D eigenvalue weighted by Crippen LogP contribution is -2.50. The standard InChI is InChI=1S/C17H28O2/c1-5-11(2)10-13-6-7-14-12(3)15(18)8-9-17(14,4)16(13)19/h10-12,14-15,18H,5-9H2,1-4H3/b13-10-/t11?,12-,14?,15?,17-/m0/s1. The Balaban J connectivity index is 2.25. The van der Waals surface area contributed by atoms with Crippen molar-refractivity contribution in [3.63, 3.8) is 0 Å². The molecule has 0 spiro atoms. The molecular weight excluding hydrogens is 236 g/mol. The van der Waals surface area contributed by atoms with Crippen LogP contribution >= 0.6 is 0 Å². The van der Waals surface area contributed by atoms with Crippen LogP contribution in [0.1, 0.15) is 59.8 Å². The second kappa shape index (κ2) is 5.40. The average Bonchev–Trinajstić information content (AvgIpc) is 2.39. The topological polar surface area (TPSA) is 37.3 Å². The monoisotopic (exact) mass is 264 g/mol. The Hall–Kier alpha value is -0.630. The van der Waals surface area contributed by atoms with Crippen LogP contribution in [-0.2, 0) is 4.79 Å². The van der Waals surface area contributed by atoms with Crippen molar-refractivity contribution in [2.75, 3.05) is 0 Å². The van der Waals surface area contributed by atoms with Gasteiger partial charge in [-0.05, 0) is 49.0 Å². The van der Waals surface area contributed by atoms with E-state index in [0.717, 1.165) is 37.7 Å². The van der Waals surface area contributed by atoms with E-state index in [4.69, 9.17) is 0 Å². The van der Waals surface area contributed by atoms with Crippen LogP contribution in [0.25, 0.3) is 0 Å². The summed E-state index contributed by atoms with van der Waals surface area (Å²) in [5, 5.41) is 10.0. The summed E-state index contributed by atoms with van der Waals surface area (Å²) < 4.78 is 0. The highest BCUT2D eigenvalue weighted by molar-refractivity contribution is 6.00. The largest absolute Gasteiger partial charge is 0.393 e. The molecule has 5 atom stereocenters. The predicted octanol–water partition coefficient (Wildman–Crippen LogP) is 3.74. The first-order chi connectivity index (χ1) is 8.90. The van der Waals surface area contributed by atoms with Crippen molar-refractivity contribution < 1.29 is 9.90 Å². The Morgan fingerprint density at radius 3 is 2.79 bits per heavy atom. The Bertz CT molecular complexity index is 385. The van der Waals surface area contributed by atoms with Gasteiger partial charge in [0.25, 0.3) is 0 Å². The van der Waals surface area contributed by atoms with E-state index >= 15 is 0 Å². The second-order valence-corrected chi connectivity index (χ2v) is 6.93. The molecule has 0 aromatic rings. The number of Topliss-reactive ketones (excluding diaryl/α,β-unsaturated/α-hetero) is 1. The van der Waals surface area contributed by atoms with E-state index in [9.17, 15) is 9.90 Å². The van der Waals surface area contributed by atoms with Crippen molar-refractivity contribution in [3.05, 3.63) is 11.6 Å². The van der Waals surface area contributed by atoms with Crippen LogP contribution in [0, 0.1) is 23.2 Å². The number of carbonyl (C=O) groups excluding carboxylic acids is 1. The van der Waals surface area contributed by atoms with Crippen LogP contribution < -0.4 is 0 Å². The van der Waals surface area contributed by atoms with Crippen molar-refractivity contribution >= 4 is 5.78 Å². The van der Waals surface area contributed by atoms with Crippen LogP contribution in [0.3, 0.4) is 0 Å². The first-order valence-corrected chi connectivity index (χ1v) is 7.83. The highest BCUT2D eigenvalue weighted by Gasteiger charge is 2.51. The van der Waals surface area contributed by atoms with E-state index in [1.807, 2.05) is 0 Å². The molecule has 2 aliphatic carbocycles. The van der Waals surface area contributed by atoms with Gasteiger partial charge in [-0.1, -0.05) is 40.2 Å². The maximum Gasteiger partial charge on any atom is 0.164 e. The van der Waals surface area contributed by atoms with Gasteiger partial charge in [0.15, 0.2) is 5.78 Å². The molecule has 2 heteroatoms. The quantitative estimate of drug-likeness (QED) is 0.772. The molecule has 0 aromatic carbocycles. The summed E-state index contributed by atoms with van der Waals surface area (Å²) in [5.74, 6) is 1.47. The predicted molar refractivity (Wildman–Crippen MR) is 77.8 cm³/mol. The Morgan fingerprint density at radius 2 is 2.16 bits per heavy atom. The highest BCUT2D eigenvalue weighted by Crippen LogP contribution is 2.52. The lowest BCUT2D eigenvalue weighted by atomic mass is 9.54. The molecule has 108 valence electrons. The number of carbonyl (C=O) groups is 1. The maximum atomic E-state index is 12.8. The third-order valence-electron chi connectivity index (χ3n) is 5.68. The molecule has 3 unspecified atom stereocenters. The summed E-state index contributed by atoms with van der Waals surface area (Å²) in [5.41, 5.74) is 0.826. The number of allylic oxidation sites excluding steroid dienone is 2. The van der Waals surface area contributed by atoms with Crippen molar-refractivity contribution in [2.24, 2.45) is 23.2 Å². The van der Waals surface area contributed by atoms with Gasteiger partial charge in [0.05, 0.1) is 6.10 Å². The van der Waals surface area contributed by atoms with Gasteiger partial charge in [-0.2, -0.15) is 0 Å². The maximum absolute atomic E-state index is 12.8. The van der Waals surface area contributed by atoms with E-state index in [1.165, 1.54) is 0 Å². The number of hydrogen-bond acceptors (Lipinski definition) is 2. The first-order valence-electron chi connectivity index (χ1n) is 7.83. The van der Waals surface area contributed by atoms with Gasteiger partial charge >= 0.3 is 0 Å². The van der Waals surface area contributed by atoms with Crippen LogP contribution in [0.4, 0.5) is 0 Å². The third kappa shape index (κ3) is 2.52. The summed E-state index contributed by atoms with van der Waals surface area (Å²) in [6.07, 6.45) is 6.65. The summed E-state index contributed by atoms with van der Waals surface area (Å²) in [6, 6.07) is 0. The smallest absolute Gasteiger partial charge is 0.164 e. The Kier molecular flexibility index (Phi) is 4.20. The van der Waals surface area contributed by atoms with E-state index in [2.05, 4.69) is 33.8 Å². The van der Waals surface area contributed by atoms with Gasteiger partial charge in [0.1, 0.15) is 0 Å². The van der Waals surface area contributed by atoms with Crippen LogP contribution in [0.5, 0.6) is 0 Å². The number of aliphatic hydroxyl groups excluding tert-OH is 1. The van der Waals surface area contributed by atoms with Crippen LogP contribution in [0.15, 0.2) is 11.6 Å². The highest BCUT2D eigenvalue weighted by atomic mass is 16.3. The lowest BCUT2D eigenvalue weighted by molar-refractivity contribution is -0.138. The zero-order chi connectivity index (χ0) is 14.2. The molecule has 0 aliphatic heterocycles. The number of hydrogen-bond donors (Lipinski definition) is 1. The first kappa shape index (κ1) is 14.8. The van der Waals surface area contributed by atoms with E-state index in [0.29, 0.717) is 17.6 Å². The fourth-order valence-corrected chi connectivity index (χ4v) is 4.02. The third-order valence-corrected chi connectivity index (χ3v) is 5.68. The number of rotatable bonds is 2. The molecule has 0 aromatic heterocycles. The van der Waals surface area contributed by atoms with Crippen molar-refractivity contribution in [3.8, 4) is 0 Å². The van der Waals surface area contributed by atoms with Crippen molar-refractivity contribution in [2.45, 2.75) is 65.9 Å². The molecular formula is C17H28O2. The Labute approximate surface area is 117 Å². The average molecular weight is 264 g/mol. The summed E-state index contributed by atoms with van der Waals surface area (Å²) in [7, 11) is 0. The molecule has 0 heterocycles. The molecule has 2 saturated carbocycles. The van der Waals surface area contributed by atoms with Gasteiger partial charge in [-0.25, -0.2) is 0 Å². The molecule has 0 amide bonds. The van der Waals surface area contributed by atoms with Crippen LogP contribution in [0.2, 0.25) is 0 Å². The normalized spacial score (nSPS) is 43.1. The minimum Gasteiger partial charge on any atom is -0.393 e. The van der Waals surface area contributed by atoms with Gasteiger partial charge in [0, 0.05) is 5.41 Å². The van der Waals surface area contributed by atoms with Crippen LogP contribution in [-0.4, -0.2) is 17.0 Å². The Morgan fingerprint density at radius 1 is 1.47 bits per heavy atom. The molecule has 2 rings (SSSR count). The summed E-state index contributed by atoms with van der Waals surface area (Å²) in [6.45, 7) is 8.59. The van der Waals surface area contributed by atoms with Crippen molar-refractivity contribution in [1.82, 2.24) is 0 Å². The lowest BCUT2D eigenvalue weighted by Gasteiger charge is -2.49.